The maximum atomic E-state index is 13.7. The average Bonchev–Trinajstić information content (AvgIpc) is 3.46. The van der Waals surface area contributed by atoms with E-state index < -0.39 is 33.0 Å². The summed E-state index contributed by atoms with van der Waals surface area (Å²) in [7, 11) is -3.60. The van der Waals surface area contributed by atoms with Crippen LogP contribution in [0.5, 0.6) is 0 Å². The van der Waals surface area contributed by atoms with Gasteiger partial charge in [-0.15, -0.1) is 0 Å². The fourth-order valence-electron chi connectivity index (χ4n) is 5.21. The Balaban J connectivity index is 1.32. The number of benzene rings is 1. The van der Waals surface area contributed by atoms with Crippen LogP contribution in [-0.4, -0.2) is 49.5 Å². The van der Waals surface area contributed by atoms with E-state index in [0.717, 1.165) is 18.9 Å². The summed E-state index contributed by atoms with van der Waals surface area (Å²) in [4.78, 5) is 14.9. The smallest absolute Gasteiger partial charge is 0.338 e. The zero-order chi connectivity index (χ0) is 25.2. The third-order valence-electron chi connectivity index (χ3n) is 7.34. The van der Waals surface area contributed by atoms with Gasteiger partial charge in [0.05, 0.1) is 16.0 Å². The molecule has 1 saturated carbocycles. The van der Waals surface area contributed by atoms with Crippen molar-refractivity contribution in [3.63, 3.8) is 0 Å². The number of amides is 1. The van der Waals surface area contributed by atoms with Crippen molar-refractivity contribution in [2.45, 2.75) is 67.7 Å². The van der Waals surface area contributed by atoms with E-state index in [4.69, 9.17) is 0 Å². The molecule has 5 rings (SSSR count). The van der Waals surface area contributed by atoms with Gasteiger partial charge in [0.2, 0.25) is 10.0 Å². The summed E-state index contributed by atoms with van der Waals surface area (Å²) < 4.78 is 69.8. The monoisotopic (exact) mass is 510 g/mol. The molecule has 1 aromatic carbocycles. The highest BCUT2D eigenvalue weighted by Gasteiger charge is 2.49. The second-order valence-electron chi connectivity index (χ2n) is 10.4. The van der Waals surface area contributed by atoms with Crippen molar-refractivity contribution in [3.05, 3.63) is 53.3 Å². The van der Waals surface area contributed by atoms with Crippen molar-refractivity contribution in [3.8, 4) is 0 Å². The van der Waals surface area contributed by atoms with Gasteiger partial charge in [-0.1, -0.05) is 0 Å². The Morgan fingerprint density at radius 2 is 1.69 bits per heavy atom. The normalized spacial score (nSPS) is 21.7. The van der Waals surface area contributed by atoms with Gasteiger partial charge in [0.1, 0.15) is 5.69 Å². The first-order chi connectivity index (χ1) is 16.3. The Bertz CT molecular complexity index is 1240. The summed E-state index contributed by atoms with van der Waals surface area (Å²) >= 11 is 0. The van der Waals surface area contributed by atoms with Gasteiger partial charge in [-0.2, -0.15) is 13.2 Å². The Kier molecular flexibility index (Phi) is 5.61. The molecule has 0 radical (unpaired) electrons. The van der Waals surface area contributed by atoms with Crippen LogP contribution in [0.25, 0.3) is 0 Å². The fraction of sp³-hybridized carbons (Fsp3) is 0.542. The van der Waals surface area contributed by atoms with Crippen molar-refractivity contribution >= 4 is 15.9 Å². The summed E-state index contributed by atoms with van der Waals surface area (Å²) in [5.74, 6) is -0.221. The molecule has 2 N–H and O–H groups in total. The maximum absolute atomic E-state index is 13.7. The van der Waals surface area contributed by atoms with Crippen molar-refractivity contribution in [2.24, 2.45) is 0 Å². The Labute approximate surface area is 202 Å². The van der Waals surface area contributed by atoms with Gasteiger partial charge < -0.3 is 14.8 Å². The van der Waals surface area contributed by atoms with Crippen LogP contribution in [0, 0.1) is 0 Å². The van der Waals surface area contributed by atoms with Gasteiger partial charge >= 0.3 is 6.18 Å². The lowest BCUT2D eigenvalue weighted by molar-refractivity contribution is -0.146. The molecule has 1 amide bonds. The van der Waals surface area contributed by atoms with Crippen LogP contribution < -0.4 is 10.0 Å². The van der Waals surface area contributed by atoms with Crippen LogP contribution >= 0.6 is 0 Å². The molecule has 2 aliphatic heterocycles. The Morgan fingerprint density at radius 1 is 1.06 bits per heavy atom. The second-order valence-corrected chi connectivity index (χ2v) is 12.1. The Morgan fingerprint density at radius 3 is 2.26 bits per heavy atom. The fourth-order valence-corrected chi connectivity index (χ4v) is 6.52. The average molecular weight is 511 g/mol. The minimum Gasteiger partial charge on any atom is -0.338 e. The van der Waals surface area contributed by atoms with Crippen LogP contribution in [-0.2, 0) is 27.3 Å². The molecule has 0 atom stereocenters. The third-order valence-corrected chi connectivity index (χ3v) is 8.88. The maximum Gasteiger partial charge on any atom is 0.431 e. The molecule has 3 heterocycles. The number of nitrogens with one attached hydrogen (secondary N) is 2. The van der Waals surface area contributed by atoms with Crippen LogP contribution in [0.1, 0.15) is 61.3 Å². The molecular weight excluding hydrogens is 481 g/mol. The van der Waals surface area contributed by atoms with Crippen LogP contribution in [0.2, 0.25) is 0 Å². The van der Waals surface area contributed by atoms with Crippen molar-refractivity contribution < 1.29 is 26.4 Å². The van der Waals surface area contributed by atoms with E-state index in [1.165, 1.54) is 28.8 Å². The number of alkyl halides is 3. The molecule has 7 nitrogen and oxygen atoms in total. The molecule has 0 unspecified atom stereocenters. The van der Waals surface area contributed by atoms with Gasteiger partial charge in [0.15, 0.2) is 0 Å². The number of sulfonamides is 1. The Hall–Kier alpha value is -2.37. The lowest BCUT2D eigenvalue weighted by atomic mass is 9.80. The molecule has 1 saturated heterocycles. The van der Waals surface area contributed by atoms with Crippen molar-refractivity contribution in [2.75, 3.05) is 19.6 Å². The van der Waals surface area contributed by atoms with E-state index >= 15 is 0 Å². The highest BCUT2D eigenvalue weighted by Crippen LogP contribution is 2.44. The quantitative estimate of drug-likeness (QED) is 0.661. The summed E-state index contributed by atoms with van der Waals surface area (Å²) in [5.41, 5.74) is -1.04. The number of hydrogen-bond donors (Lipinski definition) is 2. The standard InChI is InChI=1S/C24H29F3N4O3S/c1-22(2)15-28-23(19-9-10-20(31(19)22)24(25,26)27)11-13-30(14-12-23)21(32)16-3-7-18(8-4-16)35(33,34)29-17-5-6-17/h3-4,7-10,17,28-29H,5-6,11-15H2,1-2H3. The van der Waals surface area contributed by atoms with Crippen LogP contribution in [0.15, 0.2) is 41.3 Å². The summed E-state index contributed by atoms with van der Waals surface area (Å²) in [5, 5.41) is 3.49. The second kappa shape index (κ2) is 8.07. The minimum atomic E-state index is -4.45. The number of fused-ring (bicyclic) bond motifs is 2. The van der Waals surface area contributed by atoms with E-state index in [1.54, 1.807) is 24.8 Å². The van der Waals surface area contributed by atoms with Gasteiger partial charge in [-0.05, 0) is 75.9 Å². The molecule has 35 heavy (non-hydrogen) atoms. The number of halogens is 3. The molecule has 190 valence electrons. The zero-order valence-electron chi connectivity index (χ0n) is 19.7. The molecule has 1 aromatic heterocycles. The van der Waals surface area contributed by atoms with Gasteiger partial charge in [0.25, 0.3) is 5.91 Å². The lowest BCUT2D eigenvalue weighted by Gasteiger charge is -2.50. The van der Waals surface area contributed by atoms with E-state index in [0.29, 0.717) is 43.7 Å². The van der Waals surface area contributed by atoms with E-state index in [2.05, 4.69) is 10.0 Å². The minimum absolute atomic E-state index is 0.00531. The molecule has 11 heteroatoms. The number of nitrogens with zero attached hydrogens (tertiary/aromatic N) is 2. The molecule has 2 fully saturated rings. The first kappa shape index (κ1) is 24.3. The first-order valence-electron chi connectivity index (χ1n) is 11.8. The van der Waals surface area contributed by atoms with E-state index in [1.807, 2.05) is 0 Å². The highest BCUT2D eigenvalue weighted by molar-refractivity contribution is 7.89. The molecule has 3 aliphatic rings. The van der Waals surface area contributed by atoms with Gasteiger partial charge in [-0.3, -0.25) is 4.79 Å². The first-order valence-corrected chi connectivity index (χ1v) is 13.3. The van der Waals surface area contributed by atoms with Crippen LogP contribution in [0.4, 0.5) is 13.2 Å². The summed E-state index contributed by atoms with van der Waals surface area (Å²) in [6.45, 7) is 4.71. The predicted octanol–water partition coefficient (Wildman–Crippen LogP) is 3.42. The number of hydrogen-bond acceptors (Lipinski definition) is 4. The van der Waals surface area contributed by atoms with E-state index in [9.17, 15) is 26.4 Å². The largest absolute Gasteiger partial charge is 0.431 e. The topological polar surface area (TPSA) is 83.4 Å². The van der Waals surface area contributed by atoms with Crippen molar-refractivity contribution in [1.82, 2.24) is 19.5 Å². The molecular formula is C24H29F3N4O3S. The number of carbonyl (C=O) groups excluding carboxylic acids is 1. The molecule has 1 spiro atoms. The third kappa shape index (κ3) is 4.38. The summed E-state index contributed by atoms with van der Waals surface area (Å²) in [6, 6.07) is 8.58. The molecule has 2 aromatic rings. The van der Waals surface area contributed by atoms with Gasteiger partial charge in [-0.25, -0.2) is 13.1 Å². The van der Waals surface area contributed by atoms with E-state index in [-0.39, 0.29) is 16.8 Å². The summed E-state index contributed by atoms with van der Waals surface area (Å²) in [6.07, 6.45) is -1.82. The highest BCUT2D eigenvalue weighted by atomic mass is 32.2. The predicted molar refractivity (Wildman–Crippen MR) is 123 cm³/mol. The SMILES string of the molecule is CC1(C)CNC2(CCN(C(=O)c3ccc(S(=O)(=O)NC4CC4)cc3)CC2)c2ccc(C(F)(F)F)n21. The zero-order valence-corrected chi connectivity index (χ0v) is 20.5. The lowest BCUT2D eigenvalue weighted by Crippen LogP contribution is -2.61. The van der Waals surface area contributed by atoms with Crippen LogP contribution in [0.3, 0.4) is 0 Å². The van der Waals surface area contributed by atoms with Gasteiger partial charge in [0, 0.05) is 36.9 Å². The number of carbonyl (C=O) groups is 1. The molecule has 0 bridgehead atoms. The number of piperidine rings is 1. The van der Waals surface area contributed by atoms with Crippen molar-refractivity contribution in [1.29, 1.82) is 0 Å². The number of aromatic nitrogens is 1. The molecule has 1 aliphatic carbocycles. The number of rotatable bonds is 4. The number of likely N-dealkylation sites (tertiary alicyclic amines) is 1.